The quantitative estimate of drug-likeness (QED) is 0.510. The maximum atomic E-state index is 8.67. The van der Waals surface area contributed by atoms with Crippen LogP contribution in [0, 0.1) is 11.8 Å². The van der Waals surface area contributed by atoms with Gasteiger partial charge in [-0.1, -0.05) is 5.21 Å². The van der Waals surface area contributed by atoms with Crippen LogP contribution in [-0.4, -0.2) is 33.3 Å². The summed E-state index contributed by atoms with van der Waals surface area (Å²) in [6.07, 6.45) is 3.46. The lowest BCUT2D eigenvalue weighted by Crippen LogP contribution is -2.14. The summed E-state index contributed by atoms with van der Waals surface area (Å²) in [7, 11) is 0. The summed E-state index contributed by atoms with van der Waals surface area (Å²) in [6, 6.07) is 0. The monoisotopic (exact) mass is 222 g/mol. The largest absolute Gasteiger partial charge is 0.396 e. The third-order valence-corrected chi connectivity index (χ3v) is 2.04. The van der Waals surface area contributed by atoms with Crippen molar-refractivity contribution in [3.05, 3.63) is 11.9 Å². The van der Waals surface area contributed by atoms with Crippen molar-refractivity contribution in [1.29, 1.82) is 0 Å². The van der Waals surface area contributed by atoms with Gasteiger partial charge in [-0.05, 0) is 13.3 Å². The zero-order chi connectivity index (χ0) is 11.6. The van der Waals surface area contributed by atoms with Crippen molar-refractivity contribution >= 4 is 0 Å². The van der Waals surface area contributed by atoms with Gasteiger partial charge in [-0.25, -0.2) is 0 Å². The summed E-state index contributed by atoms with van der Waals surface area (Å²) in [6.45, 7) is 4.32. The van der Waals surface area contributed by atoms with Crippen LogP contribution in [0.4, 0.5) is 0 Å². The zero-order valence-corrected chi connectivity index (χ0v) is 9.61. The van der Waals surface area contributed by atoms with Gasteiger partial charge in [0.25, 0.3) is 0 Å². The number of nitrogens with one attached hydrogen (secondary N) is 1. The topological polar surface area (TPSA) is 63.0 Å². The van der Waals surface area contributed by atoms with Gasteiger partial charge in [0.05, 0.1) is 5.69 Å². The van der Waals surface area contributed by atoms with Crippen LogP contribution in [0.3, 0.4) is 0 Å². The van der Waals surface area contributed by atoms with E-state index in [0.29, 0.717) is 19.5 Å². The van der Waals surface area contributed by atoms with Gasteiger partial charge in [-0.15, -0.1) is 16.9 Å². The Morgan fingerprint density at radius 3 is 3.19 bits per heavy atom. The zero-order valence-electron chi connectivity index (χ0n) is 9.61. The van der Waals surface area contributed by atoms with E-state index in [2.05, 4.69) is 27.5 Å². The average Bonchev–Trinajstić information content (AvgIpc) is 2.74. The molecule has 0 aliphatic rings. The Labute approximate surface area is 95.9 Å². The van der Waals surface area contributed by atoms with Gasteiger partial charge in [0, 0.05) is 38.9 Å². The van der Waals surface area contributed by atoms with Crippen LogP contribution in [0.15, 0.2) is 6.20 Å². The van der Waals surface area contributed by atoms with Crippen LogP contribution >= 0.6 is 0 Å². The van der Waals surface area contributed by atoms with E-state index in [1.54, 1.807) is 4.68 Å². The maximum Gasteiger partial charge on any atom is 0.0964 e. The van der Waals surface area contributed by atoms with Gasteiger partial charge in [0.15, 0.2) is 0 Å². The Morgan fingerprint density at radius 1 is 1.56 bits per heavy atom. The molecule has 0 unspecified atom stereocenters. The standard InChI is InChI=1S/C11H18N4O/c1-2-3-4-6-12-9-11-10-15(14-13-11)7-5-8-16/h10,12,16H,4-9H2,1H3. The first kappa shape index (κ1) is 12.7. The molecule has 0 radical (unpaired) electrons. The lowest BCUT2D eigenvalue weighted by atomic mass is 10.4. The Bertz CT molecular complexity index is 350. The molecule has 2 N–H and O–H groups in total. The van der Waals surface area contributed by atoms with Crippen LogP contribution in [-0.2, 0) is 13.1 Å². The first-order valence-corrected chi connectivity index (χ1v) is 5.47. The molecular formula is C11H18N4O. The maximum absolute atomic E-state index is 8.67. The summed E-state index contributed by atoms with van der Waals surface area (Å²) in [4.78, 5) is 0. The van der Waals surface area contributed by atoms with E-state index < -0.39 is 0 Å². The second kappa shape index (κ2) is 7.85. The highest BCUT2D eigenvalue weighted by atomic mass is 16.3. The smallest absolute Gasteiger partial charge is 0.0964 e. The molecule has 0 fully saturated rings. The number of nitrogens with zero attached hydrogens (tertiary/aromatic N) is 3. The molecule has 0 aromatic carbocycles. The van der Waals surface area contributed by atoms with E-state index >= 15 is 0 Å². The molecule has 5 heteroatoms. The molecule has 1 heterocycles. The number of aromatic nitrogens is 3. The fourth-order valence-electron chi connectivity index (χ4n) is 1.25. The lowest BCUT2D eigenvalue weighted by Gasteiger charge is -1.97. The van der Waals surface area contributed by atoms with E-state index in [-0.39, 0.29) is 6.61 Å². The number of aryl methyl sites for hydroxylation is 1. The predicted octanol–water partition coefficient (Wildman–Crippen LogP) is 0.164. The second-order valence-corrected chi connectivity index (χ2v) is 3.40. The molecule has 0 saturated heterocycles. The first-order chi connectivity index (χ1) is 7.86. The van der Waals surface area contributed by atoms with Crippen LogP contribution in [0.5, 0.6) is 0 Å². The summed E-state index contributed by atoms with van der Waals surface area (Å²) in [5.74, 6) is 5.83. The molecule has 0 bridgehead atoms. The van der Waals surface area contributed by atoms with Crippen molar-refractivity contribution in [2.75, 3.05) is 13.2 Å². The molecule has 16 heavy (non-hydrogen) atoms. The van der Waals surface area contributed by atoms with E-state index in [9.17, 15) is 0 Å². The fraction of sp³-hybridized carbons (Fsp3) is 0.636. The van der Waals surface area contributed by atoms with E-state index in [1.807, 2.05) is 13.1 Å². The van der Waals surface area contributed by atoms with E-state index in [4.69, 9.17) is 5.11 Å². The molecule has 0 aliphatic heterocycles. The Balaban J connectivity index is 2.20. The Kier molecular flexibility index (Phi) is 6.23. The molecule has 0 aliphatic carbocycles. The number of aliphatic hydroxyl groups is 1. The highest BCUT2D eigenvalue weighted by Gasteiger charge is 1.99. The van der Waals surface area contributed by atoms with Gasteiger partial charge < -0.3 is 10.4 Å². The molecule has 0 saturated carbocycles. The van der Waals surface area contributed by atoms with Crippen LogP contribution in [0.2, 0.25) is 0 Å². The highest BCUT2D eigenvalue weighted by Crippen LogP contribution is 1.94. The molecule has 1 aromatic rings. The summed E-state index contributed by atoms with van der Waals surface area (Å²) >= 11 is 0. The molecule has 88 valence electrons. The third kappa shape index (κ3) is 4.91. The minimum absolute atomic E-state index is 0.184. The second-order valence-electron chi connectivity index (χ2n) is 3.40. The van der Waals surface area contributed by atoms with Gasteiger partial charge in [0.2, 0.25) is 0 Å². The Morgan fingerprint density at radius 2 is 2.44 bits per heavy atom. The van der Waals surface area contributed by atoms with Gasteiger partial charge in [0.1, 0.15) is 0 Å². The number of hydrogen-bond donors (Lipinski definition) is 2. The van der Waals surface area contributed by atoms with Crippen molar-refractivity contribution in [3.63, 3.8) is 0 Å². The molecule has 0 amide bonds. The molecule has 0 atom stereocenters. The fourth-order valence-corrected chi connectivity index (χ4v) is 1.25. The first-order valence-electron chi connectivity index (χ1n) is 5.47. The summed E-state index contributed by atoms with van der Waals surface area (Å²) in [5.41, 5.74) is 0.919. The molecule has 0 spiro atoms. The van der Waals surface area contributed by atoms with Gasteiger partial charge in [-0.2, -0.15) is 0 Å². The molecular weight excluding hydrogens is 204 g/mol. The van der Waals surface area contributed by atoms with Crippen molar-refractivity contribution in [2.45, 2.75) is 32.9 Å². The lowest BCUT2D eigenvalue weighted by molar-refractivity contribution is 0.276. The van der Waals surface area contributed by atoms with E-state index in [0.717, 1.165) is 18.7 Å². The van der Waals surface area contributed by atoms with E-state index in [1.165, 1.54) is 0 Å². The van der Waals surface area contributed by atoms with Crippen molar-refractivity contribution in [3.8, 4) is 11.8 Å². The van der Waals surface area contributed by atoms with Crippen LogP contribution < -0.4 is 5.32 Å². The minimum Gasteiger partial charge on any atom is -0.396 e. The molecule has 1 aromatic heterocycles. The number of rotatable bonds is 7. The average molecular weight is 222 g/mol. The van der Waals surface area contributed by atoms with Crippen LogP contribution in [0.25, 0.3) is 0 Å². The number of hydrogen-bond acceptors (Lipinski definition) is 4. The van der Waals surface area contributed by atoms with Crippen molar-refractivity contribution in [1.82, 2.24) is 20.3 Å². The molecule has 1 rings (SSSR count). The SMILES string of the molecule is CC#CCCNCc1cn(CCCO)nn1. The minimum atomic E-state index is 0.184. The highest BCUT2D eigenvalue weighted by molar-refractivity contribution is 4.96. The third-order valence-electron chi connectivity index (χ3n) is 2.04. The normalized spacial score (nSPS) is 9.88. The van der Waals surface area contributed by atoms with Gasteiger partial charge in [-0.3, -0.25) is 4.68 Å². The van der Waals surface area contributed by atoms with Crippen LogP contribution in [0.1, 0.15) is 25.5 Å². The molecule has 5 nitrogen and oxygen atoms in total. The Hall–Kier alpha value is -1.38. The number of aliphatic hydroxyl groups excluding tert-OH is 1. The van der Waals surface area contributed by atoms with Crippen molar-refractivity contribution < 1.29 is 5.11 Å². The predicted molar refractivity (Wildman–Crippen MR) is 61.5 cm³/mol. The van der Waals surface area contributed by atoms with Gasteiger partial charge >= 0.3 is 0 Å². The summed E-state index contributed by atoms with van der Waals surface area (Å²) in [5, 5.41) is 19.9. The summed E-state index contributed by atoms with van der Waals surface area (Å²) < 4.78 is 1.75. The van der Waals surface area contributed by atoms with Crippen molar-refractivity contribution in [2.24, 2.45) is 0 Å².